The summed E-state index contributed by atoms with van der Waals surface area (Å²) in [5, 5.41) is 9.02. The summed E-state index contributed by atoms with van der Waals surface area (Å²) in [5.74, 6) is 0.721. The Labute approximate surface area is 139 Å². The van der Waals surface area contributed by atoms with E-state index in [9.17, 15) is 4.79 Å². The Hall–Kier alpha value is -2.67. The van der Waals surface area contributed by atoms with Gasteiger partial charge in [0.25, 0.3) is 5.91 Å². The molecule has 7 heteroatoms. The Bertz CT molecular complexity index is 897. The van der Waals surface area contributed by atoms with Crippen molar-refractivity contribution in [2.24, 2.45) is 7.05 Å². The first-order valence-corrected chi connectivity index (χ1v) is 7.96. The van der Waals surface area contributed by atoms with Gasteiger partial charge < -0.3 is 19.2 Å². The highest BCUT2D eigenvalue weighted by atomic mass is 16.5. The number of benzene rings is 1. The molecule has 1 saturated heterocycles. The van der Waals surface area contributed by atoms with Crippen LogP contribution in [-0.2, 0) is 11.8 Å². The number of ether oxygens (including phenoxy) is 1. The zero-order valence-electron chi connectivity index (χ0n) is 13.7. The van der Waals surface area contributed by atoms with Crippen LogP contribution in [0, 0.1) is 6.92 Å². The molecule has 1 amide bonds. The number of fused-ring (bicyclic) bond motifs is 1. The maximum atomic E-state index is 12.9. The molecule has 0 aliphatic carbocycles. The second kappa shape index (κ2) is 5.76. The molecule has 0 radical (unpaired) electrons. The Morgan fingerprint density at radius 2 is 2.25 bits per heavy atom. The molecule has 1 fully saturated rings. The number of morpholine rings is 1. The SMILES string of the molecule is Cc1ccc2cc(C(=O)N3CCO[C@H](c4nncn4C)C3)[nH]c2c1. The van der Waals surface area contributed by atoms with Crippen LogP contribution in [0.15, 0.2) is 30.6 Å². The van der Waals surface area contributed by atoms with Crippen LogP contribution < -0.4 is 0 Å². The van der Waals surface area contributed by atoms with Crippen LogP contribution in [-0.4, -0.2) is 50.3 Å². The molecule has 1 aromatic carbocycles. The van der Waals surface area contributed by atoms with Crippen LogP contribution in [0.1, 0.15) is 28.0 Å². The Morgan fingerprint density at radius 1 is 1.38 bits per heavy atom. The second-order valence-electron chi connectivity index (χ2n) is 6.18. The first-order valence-electron chi connectivity index (χ1n) is 7.96. The third-order valence-corrected chi connectivity index (χ3v) is 4.40. The van der Waals surface area contributed by atoms with Crippen molar-refractivity contribution in [1.82, 2.24) is 24.6 Å². The minimum Gasteiger partial charge on any atom is -0.366 e. The molecule has 0 saturated carbocycles. The molecule has 3 heterocycles. The summed E-state index contributed by atoms with van der Waals surface area (Å²) in [7, 11) is 1.87. The fourth-order valence-electron chi connectivity index (χ4n) is 3.10. The van der Waals surface area contributed by atoms with E-state index in [1.807, 2.05) is 42.8 Å². The first kappa shape index (κ1) is 14.9. The largest absolute Gasteiger partial charge is 0.366 e. The molecule has 1 aliphatic heterocycles. The molecule has 0 unspecified atom stereocenters. The van der Waals surface area contributed by atoms with E-state index in [0.29, 0.717) is 25.4 Å². The van der Waals surface area contributed by atoms with Crippen molar-refractivity contribution in [3.63, 3.8) is 0 Å². The third-order valence-electron chi connectivity index (χ3n) is 4.40. The van der Waals surface area contributed by atoms with Crippen LogP contribution in [0.3, 0.4) is 0 Å². The first-order chi connectivity index (χ1) is 11.6. The number of nitrogens with one attached hydrogen (secondary N) is 1. The van der Waals surface area contributed by atoms with Gasteiger partial charge in [-0.15, -0.1) is 10.2 Å². The fraction of sp³-hybridized carbons (Fsp3) is 0.353. The van der Waals surface area contributed by atoms with E-state index in [0.717, 1.165) is 22.3 Å². The van der Waals surface area contributed by atoms with E-state index in [2.05, 4.69) is 15.2 Å². The molecular formula is C17H19N5O2. The quantitative estimate of drug-likeness (QED) is 0.780. The summed E-state index contributed by atoms with van der Waals surface area (Å²) in [5.41, 5.74) is 2.75. The monoisotopic (exact) mass is 325 g/mol. The number of carbonyl (C=O) groups is 1. The second-order valence-corrected chi connectivity index (χ2v) is 6.18. The molecule has 0 bridgehead atoms. The van der Waals surface area contributed by atoms with Gasteiger partial charge in [0.2, 0.25) is 0 Å². The molecule has 4 rings (SSSR count). The van der Waals surface area contributed by atoms with Crippen molar-refractivity contribution in [2.75, 3.05) is 19.7 Å². The van der Waals surface area contributed by atoms with Gasteiger partial charge in [0.1, 0.15) is 18.1 Å². The van der Waals surface area contributed by atoms with Crippen molar-refractivity contribution in [3.05, 3.63) is 47.7 Å². The molecule has 0 spiro atoms. The number of aromatic nitrogens is 4. The van der Waals surface area contributed by atoms with E-state index in [-0.39, 0.29) is 12.0 Å². The highest BCUT2D eigenvalue weighted by Crippen LogP contribution is 2.23. The predicted octanol–water partition coefficient (Wildman–Crippen LogP) is 1.82. The number of nitrogens with zero attached hydrogens (tertiary/aromatic N) is 4. The summed E-state index contributed by atoms with van der Waals surface area (Å²) < 4.78 is 7.59. The average molecular weight is 325 g/mol. The lowest BCUT2D eigenvalue weighted by atomic mass is 10.2. The Kier molecular flexibility index (Phi) is 3.57. The molecule has 1 aliphatic rings. The number of aromatic amines is 1. The average Bonchev–Trinajstić information content (AvgIpc) is 3.20. The van der Waals surface area contributed by atoms with Gasteiger partial charge in [0, 0.05) is 24.5 Å². The topological polar surface area (TPSA) is 76.0 Å². The molecule has 2 aromatic heterocycles. The van der Waals surface area contributed by atoms with Gasteiger partial charge in [0.05, 0.1) is 13.2 Å². The van der Waals surface area contributed by atoms with E-state index in [1.54, 1.807) is 11.2 Å². The highest BCUT2D eigenvalue weighted by molar-refractivity contribution is 5.98. The minimum atomic E-state index is -0.248. The maximum Gasteiger partial charge on any atom is 0.270 e. The number of amides is 1. The lowest BCUT2D eigenvalue weighted by Crippen LogP contribution is -2.43. The molecule has 1 N–H and O–H groups in total. The number of H-pyrrole nitrogens is 1. The van der Waals surface area contributed by atoms with Gasteiger partial charge in [-0.1, -0.05) is 12.1 Å². The number of hydrogen-bond acceptors (Lipinski definition) is 4. The highest BCUT2D eigenvalue weighted by Gasteiger charge is 2.29. The molecule has 7 nitrogen and oxygen atoms in total. The Balaban J connectivity index is 1.57. The summed E-state index contributed by atoms with van der Waals surface area (Å²) in [6.07, 6.45) is 1.39. The molecular weight excluding hydrogens is 306 g/mol. The van der Waals surface area contributed by atoms with Crippen LogP contribution in [0.4, 0.5) is 0 Å². The van der Waals surface area contributed by atoms with Gasteiger partial charge in [0.15, 0.2) is 5.82 Å². The van der Waals surface area contributed by atoms with Crippen molar-refractivity contribution < 1.29 is 9.53 Å². The maximum absolute atomic E-state index is 12.9. The molecule has 1 atom stereocenters. The number of aryl methyl sites for hydroxylation is 2. The standard InChI is InChI=1S/C17H19N5O2/c1-11-3-4-12-8-14(19-13(12)7-11)17(23)22-5-6-24-15(9-22)16-20-18-10-21(16)2/h3-4,7-8,10,15,19H,5-6,9H2,1-2H3/t15-/m0/s1. The molecule has 24 heavy (non-hydrogen) atoms. The van der Waals surface area contributed by atoms with Gasteiger partial charge in [-0.05, 0) is 24.6 Å². The van der Waals surface area contributed by atoms with E-state index in [1.165, 1.54) is 0 Å². The van der Waals surface area contributed by atoms with Crippen molar-refractivity contribution in [3.8, 4) is 0 Å². The molecule has 124 valence electrons. The zero-order chi connectivity index (χ0) is 16.7. The number of hydrogen-bond donors (Lipinski definition) is 1. The predicted molar refractivity (Wildman–Crippen MR) is 88.6 cm³/mol. The lowest BCUT2D eigenvalue weighted by molar-refractivity contribution is -0.0282. The minimum absolute atomic E-state index is 0.0145. The van der Waals surface area contributed by atoms with E-state index in [4.69, 9.17) is 4.74 Å². The number of carbonyl (C=O) groups excluding carboxylic acids is 1. The van der Waals surface area contributed by atoms with E-state index < -0.39 is 0 Å². The van der Waals surface area contributed by atoms with E-state index >= 15 is 0 Å². The summed E-state index contributed by atoms with van der Waals surface area (Å²) in [4.78, 5) is 17.9. The van der Waals surface area contributed by atoms with Gasteiger partial charge in [-0.25, -0.2) is 0 Å². The summed E-state index contributed by atoms with van der Waals surface area (Å²) >= 11 is 0. The summed E-state index contributed by atoms with van der Waals surface area (Å²) in [6, 6.07) is 8.03. The van der Waals surface area contributed by atoms with Crippen molar-refractivity contribution >= 4 is 16.8 Å². The van der Waals surface area contributed by atoms with Crippen molar-refractivity contribution in [2.45, 2.75) is 13.0 Å². The van der Waals surface area contributed by atoms with Gasteiger partial charge in [-0.2, -0.15) is 0 Å². The van der Waals surface area contributed by atoms with Crippen LogP contribution in [0.2, 0.25) is 0 Å². The van der Waals surface area contributed by atoms with Crippen molar-refractivity contribution in [1.29, 1.82) is 0 Å². The smallest absolute Gasteiger partial charge is 0.270 e. The molecule has 3 aromatic rings. The zero-order valence-corrected chi connectivity index (χ0v) is 13.7. The number of rotatable bonds is 2. The lowest BCUT2D eigenvalue weighted by Gasteiger charge is -2.32. The van der Waals surface area contributed by atoms with Crippen LogP contribution in [0.25, 0.3) is 10.9 Å². The normalized spacial score (nSPS) is 18.2. The summed E-state index contributed by atoms with van der Waals surface area (Å²) in [6.45, 7) is 3.57. The van der Waals surface area contributed by atoms with Gasteiger partial charge in [-0.3, -0.25) is 4.79 Å². The van der Waals surface area contributed by atoms with Gasteiger partial charge >= 0.3 is 0 Å². The fourth-order valence-corrected chi connectivity index (χ4v) is 3.10. The van der Waals surface area contributed by atoms with Crippen LogP contribution in [0.5, 0.6) is 0 Å². The van der Waals surface area contributed by atoms with Crippen LogP contribution >= 0.6 is 0 Å². The Morgan fingerprint density at radius 3 is 3.04 bits per heavy atom. The third kappa shape index (κ3) is 2.56.